The van der Waals surface area contributed by atoms with Gasteiger partial charge in [0.25, 0.3) is 5.91 Å². The molecule has 1 saturated heterocycles. The molecule has 1 fully saturated rings. The van der Waals surface area contributed by atoms with Gasteiger partial charge in [0, 0.05) is 22.8 Å². The largest absolute Gasteiger partial charge is 0.380 e. The Bertz CT molecular complexity index is 450. The van der Waals surface area contributed by atoms with Gasteiger partial charge < -0.3 is 16.4 Å². The van der Waals surface area contributed by atoms with Crippen molar-refractivity contribution in [1.82, 2.24) is 5.32 Å². The van der Waals surface area contributed by atoms with E-state index in [0.29, 0.717) is 22.7 Å². The lowest BCUT2D eigenvalue weighted by Gasteiger charge is -2.32. The second kappa shape index (κ2) is 5.59. The van der Waals surface area contributed by atoms with Crippen LogP contribution in [0.3, 0.4) is 0 Å². The summed E-state index contributed by atoms with van der Waals surface area (Å²) >= 11 is 5.88. The second-order valence-electron chi connectivity index (χ2n) is 4.69. The Morgan fingerprint density at radius 1 is 1.56 bits per heavy atom. The van der Waals surface area contributed by atoms with Crippen molar-refractivity contribution in [1.29, 1.82) is 0 Å². The zero-order chi connectivity index (χ0) is 13.1. The monoisotopic (exact) mass is 267 g/mol. The minimum Gasteiger partial charge on any atom is -0.380 e. The fraction of sp³-hybridized carbons (Fsp3) is 0.462. The lowest BCUT2D eigenvalue weighted by molar-refractivity contribution is 0.100. The van der Waals surface area contributed by atoms with Crippen LogP contribution in [0.4, 0.5) is 5.69 Å². The summed E-state index contributed by atoms with van der Waals surface area (Å²) in [7, 11) is 0. The van der Waals surface area contributed by atoms with E-state index in [9.17, 15) is 4.79 Å². The number of nitrogens with two attached hydrogens (primary N) is 1. The van der Waals surface area contributed by atoms with Crippen molar-refractivity contribution in [3.63, 3.8) is 0 Å². The maximum Gasteiger partial charge on any atom is 0.250 e. The predicted molar refractivity (Wildman–Crippen MR) is 74.1 cm³/mol. The average molecular weight is 268 g/mol. The lowest BCUT2D eigenvalue weighted by Crippen LogP contribution is -2.46. The standard InChI is InChI=1S/C13H18ClN3O/c1-8-11(3-2-6-16-8)17-12-5-4-9(14)7-10(12)13(15)18/h4-5,7-8,11,16-17H,2-3,6H2,1H3,(H2,15,18). The maximum atomic E-state index is 11.4. The van der Waals surface area contributed by atoms with Gasteiger partial charge in [0.05, 0.1) is 5.56 Å². The molecule has 1 aliphatic heterocycles. The Morgan fingerprint density at radius 3 is 3.00 bits per heavy atom. The van der Waals surface area contributed by atoms with E-state index in [4.69, 9.17) is 17.3 Å². The Morgan fingerprint density at radius 2 is 2.33 bits per heavy atom. The van der Waals surface area contributed by atoms with Gasteiger partial charge in [-0.1, -0.05) is 11.6 Å². The van der Waals surface area contributed by atoms with Crippen molar-refractivity contribution in [2.75, 3.05) is 11.9 Å². The molecule has 1 aromatic rings. The number of hydrogen-bond acceptors (Lipinski definition) is 3. The normalized spacial score (nSPS) is 23.7. The number of carbonyl (C=O) groups is 1. The van der Waals surface area contributed by atoms with E-state index in [1.54, 1.807) is 12.1 Å². The molecule has 2 atom stereocenters. The molecule has 0 saturated carbocycles. The Hall–Kier alpha value is -1.26. The smallest absolute Gasteiger partial charge is 0.250 e. The second-order valence-corrected chi connectivity index (χ2v) is 5.13. The molecule has 1 amide bonds. The average Bonchev–Trinajstić information content (AvgIpc) is 2.34. The highest BCUT2D eigenvalue weighted by Gasteiger charge is 2.22. The number of rotatable bonds is 3. The molecule has 2 rings (SSSR count). The fourth-order valence-corrected chi connectivity index (χ4v) is 2.46. The van der Waals surface area contributed by atoms with Crippen LogP contribution >= 0.6 is 11.6 Å². The van der Waals surface area contributed by atoms with Crippen molar-refractivity contribution >= 4 is 23.2 Å². The molecule has 0 radical (unpaired) electrons. The van der Waals surface area contributed by atoms with E-state index in [2.05, 4.69) is 17.6 Å². The van der Waals surface area contributed by atoms with Crippen LogP contribution in [-0.4, -0.2) is 24.5 Å². The number of nitrogens with one attached hydrogen (secondary N) is 2. The topological polar surface area (TPSA) is 67.2 Å². The molecule has 5 heteroatoms. The zero-order valence-electron chi connectivity index (χ0n) is 10.4. The van der Waals surface area contributed by atoms with E-state index in [0.717, 1.165) is 25.1 Å². The summed E-state index contributed by atoms with van der Waals surface area (Å²) in [6, 6.07) is 5.85. The van der Waals surface area contributed by atoms with Gasteiger partial charge in [-0.2, -0.15) is 0 Å². The predicted octanol–water partition coefficient (Wildman–Crippen LogP) is 1.99. The van der Waals surface area contributed by atoms with Gasteiger partial charge in [-0.15, -0.1) is 0 Å². The van der Waals surface area contributed by atoms with Crippen molar-refractivity contribution in [2.24, 2.45) is 5.73 Å². The number of primary amides is 1. The van der Waals surface area contributed by atoms with Crippen LogP contribution in [0.2, 0.25) is 5.02 Å². The molecule has 1 aliphatic rings. The highest BCUT2D eigenvalue weighted by molar-refractivity contribution is 6.31. The number of hydrogen-bond donors (Lipinski definition) is 3. The minimum atomic E-state index is -0.462. The highest BCUT2D eigenvalue weighted by atomic mass is 35.5. The molecule has 1 aromatic carbocycles. The van der Waals surface area contributed by atoms with Gasteiger partial charge in [-0.3, -0.25) is 4.79 Å². The highest BCUT2D eigenvalue weighted by Crippen LogP contribution is 2.23. The molecule has 1 heterocycles. The van der Waals surface area contributed by atoms with Crippen LogP contribution in [0.1, 0.15) is 30.1 Å². The first-order valence-corrected chi connectivity index (χ1v) is 6.55. The third-order valence-corrected chi connectivity index (χ3v) is 3.58. The van der Waals surface area contributed by atoms with Crippen LogP contribution in [0.25, 0.3) is 0 Å². The Labute approximate surface area is 112 Å². The van der Waals surface area contributed by atoms with Crippen LogP contribution in [-0.2, 0) is 0 Å². The van der Waals surface area contributed by atoms with Gasteiger partial charge in [0.1, 0.15) is 0 Å². The summed E-state index contributed by atoms with van der Waals surface area (Å²) in [4.78, 5) is 11.4. The molecule has 18 heavy (non-hydrogen) atoms. The van der Waals surface area contributed by atoms with Crippen molar-refractivity contribution in [2.45, 2.75) is 31.8 Å². The molecule has 0 aliphatic carbocycles. The third-order valence-electron chi connectivity index (χ3n) is 3.35. The van der Waals surface area contributed by atoms with Crippen LogP contribution in [0, 0.1) is 0 Å². The maximum absolute atomic E-state index is 11.4. The van der Waals surface area contributed by atoms with E-state index in [1.807, 2.05) is 6.07 Å². The first-order valence-electron chi connectivity index (χ1n) is 6.17. The molecular formula is C13H18ClN3O. The summed E-state index contributed by atoms with van der Waals surface area (Å²) < 4.78 is 0. The molecular weight excluding hydrogens is 250 g/mol. The van der Waals surface area contributed by atoms with E-state index in [-0.39, 0.29) is 0 Å². The van der Waals surface area contributed by atoms with Gasteiger partial charge in [-0.25, -0.2) is 0 Å². The van der Waals surface area contributed by atoms with Crippen molar-refractivity contribution < 1.29 is 4.79 Å². The number of carbonyl (C=O) groups excluding carboxylic acids is 1. The van der Waals surface area contributed by atoms with E-state index in [1.165, 1.54) is 0 Å². The van der Waals surface area contributed by atoms with E-state index < -0.39 is 5.91 Å². The van der Waals surface area contributed by atoms with Gasteiger partial charge in [-0.05, 0) is 44.5 Å². The van der Waals surface area contributed by atoms with Crippen molar-refractivity contribution in [3.05, 3.63) is 28.8 Å². The van der Waals surface area contributed by atoms with Crippen molar-refractivity contribution in [3.8, 4) is 0 Å². The summed E-state index contributed by atoms with van der Waals surface area (Å²) in [6.07, 6.45) is 2.20. The summed E-state index contributed by atoms with van der Waals surface area (Å²) in [5.41, 5.74) is 6.57. The molecule has 4 N–H and O–H groups in total. The number of anilines is 1. The summed E-state index contributed by atoms with van der Waals surface area (Å²) in [6.45, 7) is 3.18. The van der Waals surface area contributed by atoms with E-state index >= 15 is 0 Å². The lowest BCUT2D eigenvalue weighted by atomic mass is 9.99. The molecule has 0 aromatic heterocycles. The fourth-order valence-electron chi connectivity index (χ4n) is 2.29. The molecule has 2 unspecified atom stereocenters. The van der Waals surface area contributed by atoms with Crippen LogP contribution in [0.5, 0.6) is 0 Å². The van der Waals surface area contributed by atoms with Crippen LogP contribution < -0.4 is 16.4 Å². The zero-order valence-corrected chi connectivity index (χ0v) is 11.1. The van der Waals surface area contributed by atoms with Gasteiger partial charge in [0.2, 0.25) is 0 Å². The number of halogens is 1. The molecule has 0 bridgehead atoms. The minimum absolute atomic E-state index is 0.304. The molecule has 0 spiro atoms. The SMILES string of the molecule is CC1NCCCC1Nc1ccc(Cl)cc1C(N)=O. The summed E-state index contributed by atoms with van der Waals surface area (Å²) in [5.74, 6) is -0.462. The quantitative estimate of drug-likeness (QED) is 0.785. The summed E-state index contributed by atoms with van der Waals surface area (Å²) in [5, 5.41) is 7.31. The van der Waals surface area contributed by atoms with Gasteiger partial charge in [0.15, 0.2) is 0 Å². The Kier molecular flexibility index (Phi) is 4.09. The molecule has 4 nitrogen and oxygen atoms in total. The number of piperidine rings is 1. The number of amides is 1. The number of benzene rings is 1. The first-order chi connectivity index (χ1) is 8.58. The van der Waals surface area contributed by atoms with Gasteiger partial charge >= 0.3 is 0 Å². The first kappa shape index (κ1) is 13.2. The third kappa shape index (κ3) is 2.94. The molecule has 98 valence electrons. The Balaban J connectivity index is 2.20. The van der Waals surface area contributed by atoms with Crippen LogP contribution in [0.15, 0.2) is 18.2 Å².